The van der Waals surface area contributed by atoms with Gasteiger partial charge in [0.2, 0.25) is 0 Å². The summed E-state index contributed by atoms with van der Waals surface area (Å²) < 4.78 is 0. The van der Waals surface area contributed by atoms with Crippen LogP contribution < -0.4 is 5.73 Å². The zero-order valence-corrected chi connectivity index (χ0v) is 10.6. The lowest BCUT2D eigenvalue weighted by Gasteiger charge is -1.98. The molecule has 0 aliphatic heterocycles. The number of nitrogens with two attached hydrogens (primary N) is 1. The zero-order valence-electron chi connectivity index (χ0n) is 8.93. The Morgan fingerprint density at radius 1 is 1.31 bits per heavy atom. The van der Waals surface area contributed by atoms with Crippen LogP contribution in [0.5, 0.6) is 0 Å². The highest BCUT2D eigenvalue weighted by Gasteiger charge is 2.01. The van der Waals surface area contributed by atoms with Gasteiger partial charge >= 0.3 is 0 Å². The molecule has 0 unspecified atom stereocenters. The van der Waals surface area contributed by atoms with Gasteiger partial charge in [0.1, 0.15) is 5.82 Å². The standard InChI is InChI=1S/C11H13N3.2ClH/c1-8-3-2-4-9(5-8)10-7-13-11(6-12)14-10;;/h2-5,7H,6,12H2,1H3,(H,13,14);2*1H. The maximum absolute atomic E-state index is 5.48. The summed E-state index contributed by atoms with van der Waals surface area (Å²) in [5.74, 6) is 0.821. The molecule has 0 aliphatic carbocycles. The van der Waals surface area contributed by atoms with Crippen molar-refractivity contribution in [2.75, 3.05) is 0 Å². The van der Waals surface area contributed by atoms with Gasteiger partial charge in [0.25, 0.3) is 0 Å². The van der Waals surface area contributed by atoms with Crippen molar-refractivity contribution in [2.24, 2.45) is 5.73 Å². The van der Waals surface area contributed by atoms with E-state index in [1.54, 1.807) is 0 Å². The first kappa shape index (κ1) is 15.0. The van der Waals surface area contributed by atoms with Gasteiger partial charge in [0.15, 0.2) is 0 Å². The third-order valence-corrected chi connectivity index (χ3v) is 2.15. The van der Waals surface area contributed by atoms with Crippen molar-refractivity contribution in [3.05, 3.63) is 41.9 Å². The third kappa shape index (κ3) is 3.23. The van der Waals surface area contributed by atoms with Crippen molar-refractivity contribution < 1.29 is 0 Å². The van der Waals surface area contributed by atoms with Gasteiger partial charge in [-0.05, 0) is 18.6 Å². The van der Waals surface area contributed by atoms with Crippen LogP contribution in [0.25, 0.3) is 11.3 Å². The summed E-state index contributed by atoms with van der Waals surface area (Å²) in [5.41, 5.74) is 8.89. The summed E-state index contributed by atoms with van der Waals surface area (Å²) in [6, 6.07) is 8.28. The molecule has 1 aromatic carbocycles. The zero-order chi connectivity index (χ0) is 9.97. The highest BCUT2D eigenvalue weighted by Crippen LogP contribution is 2.17. The van der Waals surface area contributed by atoms with Crippen LogP contribution in [-0.2, 0) is 6.54 Å². The summed E-state index contributed by atoms with van der Waals surface area (Å²) in [5, 5.41) is 0. The van der Waals surface area contributed by atoms with Crippen LogP contribution in [0.15, 0.2) is 30.5 Å². The number of hydrogen-bond donors (Lipinski definition) is 2. The van der Waals surface area contributed by atoms with Gasteiger partial charge in [-0.25, -0.2) is 4.98 Å². The Morgan fingerprint density at radius 2 is 2.06 bits per heavy atom. The van der Waals surface area contributed by atoms with E-state index in [2.05, 4.69) is 35.1 Å². The van der Waals surface area contributed by atoms with Crippen LogP contribution in [0.4, 0.5) is 0 Å². The summed E-state index contributed by atoms with van der Waals surface area (Å²) >= 11 is 0. The van der Waals surface area contributed by atoms with E-state index >= 15 is 0 Å². The number of aromatic amines is 1. The first-order chi connectivity index (χ1) is 6.79. The van der Waals surface area contributed by atoms with Crippen molar-refractivity contribution in [1.29, 1.82) is 0 Å². The predicted molar refractivity (Wildman–Crippen MR) is 71.1 cm³/mol. The number of imidazole rings is 1. The molecular formula is C11H15Cl2N3. The number of aryl methyl sites for hydroxylation is 1. The minimum absolute atomic E-state index is 0. The fourth-order valence-corrected chi connectivity index (χ4v) is 1.43. The van der Waals surface area contributed by atoms with E-state index in [1.807, 2.05) is 12.3 Å². The van der Waals surface area contributed by atoms with Gasteiger partial charge in [-0.1, -0.05) is 23.8 Å². The van der Waals surface area contributed by atoms with Gasteiger partial charge in [0, 0.05) is 0 Å². The number of nitrogens with one attached hydrogen (secondary N) is 1. The number of benzene rings is 1. The van der Waals surface area contributed by atoms with Crippen molar-refractivity contribution in [1.82, 2.24) is 9.97 Å². The highest BCUT2D eigenvalue weighted by atomic mass is 35.5. The molecule has 88 valence electrons. The molecule has 1 heterocycles. The molecule has 0 saturated carbocycles. The van der Waals surface area contributed by atoms with E-state index in [1.165, 1.54) is 5.56 Å². The van der Waals surface area contributed by atoms with Gasteiger partial charge in [-0.2, -0.15) is 0 Å². The molecule has 0 bridgehead atoms. The number of H-pyrrole nitrogens is 1. The molecule has 3 N–H and O–H groups in total. The predicted octanol–water partition coefficient (Wildman–Crippen LogP) is 2.69. The van der Waals surface area contributed by atoms with Crippen molar-refractivity contribution in [2.45, 2.75) is 13.5 Å². The molecule has 16 heavy (non-hydrogen) atoms. The molecule has 3 nitrogen and oxygen atoms in total. The van der Waals surface area contributed by atoms with Crippen LogP contribution >= 0.6 is 24.8 Å². The van der Waals surface area contributed by atoms with Crippen LogP contribution in [0, 0.1) is 6.92 Å². The molecule has 1 aromatic heterocycles. The minimum atomic E-state index is 0. The van der Waals surface area contributed by atoms with E-state index in [4.69, 9.17) is 5.73 Å². The fraction of sp³-hybridized carbons (Fsp3) is 0.182. The lowest BCUT2D eigenvalue weighted by atomic mass is 10.1. The van der Waals surface area contributed by atoms with E-state index < -0.39 is 0 Å². The van der Waals surface area contributed by atoms with Crippen LogP contribution in [0.1, 0.15) is 11.4 Å². The molecule has 0 amide bonds. The maximum Gasteiger partial charge on any atom is 0.120 e. The van der Waals surface area contributed by atoms with Gasteiger partial charge in [-0.15, -0.1) is 24.8 Å². The van der Waals surface area contributed by atoms with E-state index in [9.17, 15) is 0 Å². The Balaban J connectivity index is 0.00000112. The normalized spacial score (nSPS) is 9.12. The average Bonchev–Trinajstić information content (AvgIpc) is 2.66. The van der Waals surface area contributed by atoms with Crippen LogP contribution in [0.3, 0.4) is 0 Å². The number of halogens is 2. The van der Waals surface area contributed by atoms with E-state index in [-0.39, 0.29) is 24.8 Å². The van der Waals surface area contributed by atoms with Crippen molar-refractivity contribution >= 4 is 24.8 Å². The summed E-state index contributed by atoms with van der Waals surface area (Å²) in [4.78, 5) is 7.33. The van der Waals surface area contributed by atoms with Crippen LogP contribution in [0.2, 0.25) is 0 Å². The molecule has 2 rings (SSSR count). The lowest BCUT2D eigenvalue weighted by molar-refractivity contribution is 0.950. The number of hydrogen-bond acceptors (Lipinski definition) is 2. The number of nitrogens with zero attached hydrogens (tertiary/aromatic N) is 1. The Morgan fingerprint density at radius 3 is 2.62 bits per heavy atom. The number of rotatable bonds is 2. The first-order valence-corrected chi connectivity index (χ1v) is 4.60. The van der Waals surface area contributed by atoms with Crippen molar-refractivity contribution in [3.63, 3.8) is 0 Å². The molecule has 0 spiro atoms. The second-order valence-electron chi connectivity index (χ2n) is 3.32. The Kier molecular flexibility index (Phi) is 6.11. The summed E-state index contributed by atoms with van der Waals surface area (Å²) in [6.07, 6.45) is 1.82. The third-order valence-electron chi connectivity index (χ3n) is 2.15. The smallest absolute Gasteiger partial charge is 0.120 e. The highest BCUT2D eigenvalue weighted by molar-refractivity contribution is 5.85. The topological polar surface area (TPSA) is 54.7 Å². The average molecular weight is 260 g/mol. The maximum atomic E-state index is 5.48. The van der Waals surface area contributed by atoms with Gasteiger partial charge in [0.05, 0.1) is 18.4 Å². The first-order valence-electron chi connectivity index (χ1n) is 4.60. The fourth-order valence-electron chi connectivity index (χ4n) is 1.43. The van der Waals surface area contributed by atoms with Gasteiger partial charge in [-0.3, -0.25) is 0 Å². The Labute approximate surface area is 107 Å². The quantitative estimate of drug-likeness (QED) is 0.872. The monoisotopic (exact) mass is 259 g/mol. The number of aromatic nitrogens is 2. The molecule has 0 radical (unpaired) electrons. The van der Waals surface area contributed by atoms with E-state index in [0.29, 0.717) is 6.54 Å². The van der Waals surface area contributed by atoms with Gasteiger partial charge < -0.3 is 10.7 Å². The molecule has 0 atom stereocenters. The molecule has 0 saturated heterocycles. The summed E-state index contributed by atoms with van der Waals surface area (Å²) in [7, 11) is 0. The molecule has 2 aromatic rings. The van der Waals surface area contributed by atoms with E-state index in [0.717, 1.165) is 17.1 Å². The minimum Gasteiger partial charge on any atom is -0.341 e. The SMILES string of the molecule is Cc1cccc(-c2cnc(CN)[nH]2)c1.Cl.Cl. The summed E-state index contributed by atoms with van der Waals surface area (Å²) in [6.45, 7) is 2.52. The second-order valence-corrected chi connectivity index (χ2v) is 3.32. The molecule has 0 aliphatic rings. The largest absolute Gasteiger partial charge is 0.341 e. The Hall–Kier alpha value is -1.03. The molecule has 0 fully saturated rings. The second kappa shape index (κ2) is 6.53. The van der Waals surface area contributed by atoms with Crippen molar-refractivity contribution in [3.8, 4) is 11.3 Å². The van der Waals surface area contributed by atoms with Crippen LogP contribution in [-0.4, -0.2) is 9.97 Å². The molecular weight excluding hydrogens is 245 g/mol. The lowest BCUT2D eigenvalue weighted by Crippen LogP contribution is -1.97. The molecule has 5 heteroatoms. The Bertz CT molecular complexity index is 440.